The SMILES string of the molecule is [B]N(Cc1cc2c(cn1)OCCO2)C1CCN(CCn2c(=O)ccc3ncc(OC)cc32)C(C)C1. The molecule has 35 heavy (non-hydrogen) atoms. The summed E-state index contributed by atoms with van der Waals surface area (Å²) in [6, 6.07) is 7.72. The molecule has 2 radical (unpaired) electrons. The first-order valence-corrected chi connectivity index (χ1v) is 12.1. The van der Waals surface area contributed by atoms with Gasteiger partial charge < -0.3 is 23.6 Å². The van der Waals surface area contributed by atoms with Gasteiger partial charge in [0.1, 0.15) is 19.0 Å². The van der Waals surface area contributed by atoms with Crippen LogP contribution in [0.15, 0.2) is 41.5 Å². The number of fused-ring (bicyclic) bond motifs is 2. The van der Waals surface area contributed by atoms with Gasteiger partial charge in [-0.1, -0.05) is 0 Å². The van der Waals surface area contributed by atoms with Gasteiger partial charge in [-0.05, 0) is 32.4 Å². The zero-order valence-corrected chi connectivity index (χ0v) is 20.2. The molecule has 0 spiro atoms. The lowest BCUT2D eigenvalue weighted by Crippen LogP contribution is -2.49. The molecule has 3 aromatic heterocycles. The van der Waals surface area contributed by atoms with Crippen molar-refractivity contribution in [3.05, 3.63) is 52.7 Å². The smallest absolute Gasteiger partial charge is 0.251 e. The topological polar surface area (TPSA) is 82.0 Å². The van der Waals surface area contributed by atoms with Crippen molar-refractivity contribution in [3.63, 3.8) is 0 Å². The Labute approximate surface area is 206 Å². The van der Waals surface area contributed by atoms with E-state index in [0.29, 0.717) is 43.8 Å². The van der Waals surface area contributed by atoms with Gasteiger partial charge >= 0.3 is 0 Å². The molecule has 10 heteroatoms. The fourth-order valence-corrected chi connectivity index (χ4v) is 4.94. The summed E-state index contributed by atoms with van der Waals surface area (Å²) in [6.45, 7) is 6.15. The molecule has 0 N–H and O–H groups in total. The Hall–Kier alpha value is -3.11. The molecule has 9 nitrogen and oxygen atoms in total. The molecule has 0 aromatic carbocycles. The van der Waals surface area contributed by atoms with Gasteiger partial charge in [-0.15, -0.1) is 0 Å². The van der Waals surface area contributed by atoms with Gasteiger partial charge in [0.15, 0.2) is 19.5 Å². The average molecular weight is 475 g/mol. The van der Waals surface area contributed by atoms with Crippen LogP contribution in [-0.4, -0.2) is 77.7 Å². The van der Waals surface area contributed by atoms with Crippen molar-refractivity contribution >= 4 is 19.0 Å². The highest BCUT2D eigenvalue weighted by molar-refractivity contribution is 6.04. The lowest BCUT2D eigenvalue weighted by Gasteiger charge is -2.41. The lowest BCUT2D eigenvalue weighted by molar-refractivity contribution is 0.103. The van der Waals surface area contributed by atoms with Gasteiger partial charge in [0.25, 0.3) is 5.56 Å². The Balaban J connectivity index is 1.20. The molecule has 2 atom stereocenters. The van der Waals surface area contributed by atoms with E-state index in [-0.39, 0.29) is 11.6 Å². The quantitative estimate of drug-likeness (QED) is 0.481. The van der Waals surface area contributed by atoms with Crippen LogP contribution < -0.4 is 19.8 Å². The molecule has 0 aliphatic carbocycles. The maximum Gasteiger partial charge on any atom is 0.251 e. The second-order valence-electron chi connectivity index (χ2n) is 9.16. The lowest BCUT2D eigenvalue weighted by atomic mass is 9.94. The van der Waals surface area contributed by atoms with Gasteiger partial charge in [0.2, 0.25) is 0 Å². The number of aromatic nitrogens is 3. The third kappa shape index (κ3) is 5.13. The minimum Gasteiger partial charge on any atom is -0.495 e. The maximum atomic E-state index is 12.6. The highest BCUT2D eigenvalue weighted by Gasteiger charge is 2.28. The first-order chi connectivity index (χ1) is 17.0. The van der Waals surface area contributed by atoms with Gasteiger partial charge in [0, 0.05) is 49.9 Å². The Bertz CT molecular complexity index is 1250. The molecule has 0 bridgehead atoms. The van der Waals surface area contributed by atoms with Crippen molar-refractivity contribution in [2.24, 2.45) is 0 Å². The molecule has 1 saturated heterocycles. The Morgan fingerprint density at radius 1 is 1.14 bits per heavy atom. The van der Waals surface area contributed by atoms with Crippen LogP contribution in [0.25, 0.3) is 11.0 Å². The van der Waals surface area contributed by atoms with E-state index < -0.39 is 0 Å². The number of nitrogens with zero attached hydrogens (tertiary/aromatic N) is 5. The maximum absolute atomic E-state index is 12.6. The summed E-state index contributed by atoms with van der Waals surface area (Å²) in [5.41, 5.74) is 2.41. The molecular weight excluding hydrogens is 445 g/mol. The van der Waals surface area contributed by atoms with Crippen LogP contribution in [0.5, 0.6) is 17.2 Å². The molecule has 2 aliphatic rings. The Morgan fingerprint density at radius 3 is 2.77 bits per heavy atom. The first kappa shape index (κ1) is 23.6. The molecule has 0 amide bonds. The third-order valence-electron chi connectivity index (χ3n) is 6.95. The van der Waals surface area contributed by atoms with Crippen molar-refractivity contribution in [3.8, 4) is 17.2 Å². The van der Waals surface area contributed by atoms with Crippen molar-refractivity contribution in [2.75, 3.05) is 33.4 Å². The van der Waals surface area contributed by atoms with Crippen molar-refractivity contribution in [1.29, 1.82) is 0 Å². The summed E-state index contributed by atoms with van der Waals surface area (Å²) >= 11 is 0. The number of piperidine rings is 1. The summed E-state index contributed by atoms with van der Waals surface area (Å²) in [6.07, 6.45) is 5.28. The van der Waals surface area contributed by atoms with E-state index in [9.17, 15) is 4.79 Å². The highest BCUT2D eigenvalue weighted by Crippen LogP contribution is 2.30. The minimum absolute atomic E-state index is 0.0323. The summed E-state index contributed by atoms with van der Waals surface area (Å²) in [5, 5.41) is 0. The predicted octanol–water partition coefficient (Wildman–Crippen LogP) is 2.01. The molecule has 1 fully saturated rings. The molecule has 3 aromatic rings. The predicted molar refractivity (Wildman–Crippen MR) is 133 cm³/mol. The first-order valence-electron chi connectivity index (χ1n) is 12.1. The van der Waals surface area contributed by atoms with Crippen LogP contribution in [0.1, 0.15) is 25.5 Å². The van der Waals surface area contributed by atoms with Gasteiger partial charge in [-0.25, -0.2) is 0 Å². The van der Waals surface area contributed by atoms with Crippen molar-refractivity contribution < 1.29 is 14.2 Å². The second-order valence-corrected chi connectivity index (χ2v) is 9.16. The van der Waals surface area contributed by atoms with E-state index in [1.165, 1.54) is 0 Å². The van der Waals surface area contributed by atoms with E-state index in [4.69, 9.17) is 22.2 Å². The Morgan fingerprint density at radius 2 is 1.97 bits per heavy atom. The molecule has 0 saturated carbocycles. The third-order valence-corrected chi connectivity index (χ3v) is 6.95. The van der Waals surface area contributed by atoms with Crippen molar-refractivity contribution in [2.45, 2.75) is 44.9 Å². The van der Waals surface area contributed by atoms with E-state index in [1.54, 1.807) is 36.2 Å². The van der Waals surface area contributed by atoms with Gasteiger partial charge in [0.05, 0.1) is 36.2 Å². The average Bonchev–Trinajstić information content (AvgIpc) is 2.88. The molecule has 2 aliphatic heterocycles. The highest BCUT2D eigenvalue weighted by atomic mass is 16.6. The minimum atomic E-state index is -0.0323. The molecule has 5 rings (SSSR count). The number of methoxy groups -OCH3 is 1. The summed E-state index contributed by atoms with van der Waals surface area (Å²) in [5.74, 6) is 2.06. The molecule has 182 valence electrons. The van der Waals surface area contributed by atoms with Gasteiger partial charge in [-0.3, -0.25) is 19.7 Å². The van der Waals surface area contributed by atoms with Crippen LogP contribution >= 0.6 is 0 Å². The fourth-order valence-electron chi connectivity index (χ4n) is 4.94. The number of rotatable bonds is 7. The van der Waals surface area contributed by atoms with Crippen molar-refractivity contribution in [1.82, 2.24) is 24.2 Å². The number of pyridine rings is 3. The monoisotopic (exact) mass is 475 g/mol. The standard InChI is InChI=1S/C25H30BN5O4/c1-17-11-19(31(26)16-18-12-23-24(15-27-18)35-10-9-34-23)5-6-29(17)7-8-30-22-13-20(33-2)14-28-21(22)3-4-25(30)32/h3-4,12-15,17,19H,5-11,16H2,1-2H3. The van der Waals surface area contributed by atoms with Crippen LogP contribution in [-0.2, 0) is 13.1 Å². The number of likely N-dealkylation sites (tertiary alicyclic amines) is 1. The van der Waals surface area contributed by atoms with E-state index in [1.807, 2.05) is 16.9 Å². The second kappa shape index (κ2) is 10.3. The van der Waals surface area contributed by atoms with Crippen LogP contribution in [0, 0.1) is 0 Å². The van der Waals surface area contributed by atoms with Crippen LogP contribution in [0.3, 0.4) is 0 Å². The van der Waals surface area contributed by atoms with E-state index >= 15 is 0 Å². The zero-order chi connectivity index (χ0) is 24.4. The molecular formula is C25H30BN5O4. The number of hydrogen-bond acceptors (Lipinski definition) is 8. The number of hydrogen-bond donors (Lipinski definition) is 0. The van der Waals surface area contributed by atoms with Gasteiger partial charge in [-0.2, -0.15) is 0 Å². The summed E-state index contributed by atoms with van der Waals surface area (Å²) < 4.78 is 18.3. The Kier molecular flexibility index (Phi) is 6.92. The van der Waals surface area contributed by atoms with E-state index in [0.717, 1.165) is 48.4 Å². The normalized spacial score (nSPS) is 20.3. The fraction of sp³-hybridized carbons (Fsp3) is 0.480. The zero-order valence-electron chi connectivity index (χ0n) is 20.2. The van der Waals surface area contributed by atoms with Crippen LogP contribution in [0.4, 0.5) is 0 Å². The molecule has 5 heterocycles. The summed E-state index contributed by atoms with van der Waals surface area (Å²) in [7, 11) is 8.08. The molecule has 2 unspecified atom stereocenters. The number of ether oxygens (including phenoxy) is 3. The largest absolute Gasteiger partial charge is 0.495 e. The summed E-state index contributed by atoms with van der Waals surface area (Å²) in [4.78, 5) is 25.8. The van der Waals surface area contributed by atoms with E-state index in [2.05, 4.69) is 21.8 Å². The van der Waals surface area contributed by atoms with Crippen LogP contribution in [0.2, 0.25) is 0 Å².